The maximum absolute atomic E-state index is 5.60. The van der Waals surface area contributed by atoms with Gasteiger partial charge in [0.1, 0.15) is 11.5 Å². The Kier molecular flexibility index (Phi) is 5.70. The number of fused-ring (bicyclic) bond motifs is 2. The van der Waals surface area contributed by atoms with Gasteiger partial charge in [-0.15, -0.1) is 0 Å². The fourth-order valence-corrected chi connectivity index (χ4v) is 31.6. The Labute approximate surface area is 234 Å². The van der Waals surface area contributed by atoms with Gasteiger partial charge in [-0.1, -0.05) is 102 Å². The first-order valence-electron chi connectivity index (χ1n) is 13.8. The van der Waals surface area contributed by atoms with Crippen LogP contribution in [0, 0.1) is 27.8 Å². The Morgan fingerprint density at radius 2 is 1.26 bits per heavy atom. The van der Waals surface area contributed by atoms with Gasteiger partial charge in [0.05, 0.1) is 14.2 Å². The third-order valence-corrected chi connectivity index (χ3v) is 26.2. The zero-order chi connectivity index (χ0) is 27.7. The van der Waals surface area contributed by atoms with E-state index in [-0.39, 0.29) is 31.6 Å². The van der Waals surface area contributed by atoms with E-state index in [4.69, 9.17) is 9.47 Å². The summed E-state index contributed by atoms with van der Waals surface area (Å²) >= 11 is 0. The van der Waals surface area contributed by atoms with Crippen LogP contribution >= 0.6 is 23.8 Å². The van der Waals surface area contributed by atoms with Crippen LogP contribution in [0.1, 0.15) is 73.4 Å². The fourth-order valence-electron chi connectivity index (χ4n) is 8.60. The maximum atomic E-state index is 5.60. The zero-order valence-corrected chi connectivity index (χ0v) is 27.6. The van der Waals surface area contributed by atoms with E-state index in [0.29, 0.717) is 15.5 Å². The van der Waals surface area contributed by atoms with Gasteiger partial charge in [-0.3, -0.25) is 0 Å². The van der Waals surface area contributed by atoms with Crippen molar-refractivity contribution in [3.05, 3.63) is 59.7 Å². The number of hydrogen-bond acceptors (Lipinski definition) is 2. The van der Waals surface area contributed by atoms with E-state index in [2.05, 4.69) is 110 Å². The predicted octanol–water partition coefficient (Wildman–Crippen LogP) is 9.63. The van der Waals surface area contributed by atoms with Crippen molar-refractivity contribution in [1.29, 1.82) is 0 Å². The normalized spacial score (nSPS) is 38.2. The second-order valence-electron chi connectivity index (χ2n) is 14.6. The minimum Gasteiger partial charge on any atom is -0.497 e. The summed E-state index contributed by atoms with van der Waals surface area (Å²) in [7, 11) is 2.70. The Balaban J connectivity index is 1.61. The van der Waals surface area contributed by atoms with E-state index in [0.717, 1.165) is 28.1 Å². The van der Waals surface area contributed by atoms with E-state index in [1.165, 1.54) is 0 Å². The van der Waals surface area contributed by atoms with Gasteiger partial charge in [0.15, 0.2) is 0 Å². The first-order chi connectivity index (χ1) is 17.7. The van der Waals surface area contributed by atoms with Gasteiger partial charge in [0.2, 0.25) is 0 Å². The lowest BCUT2D eigenvalue weighted by molar-refractivity contribution is 0.349. The molecule has 202 valence electrons. The molecule has 0 saturated carbocycles. The van der Waals surface area contributed by atoms with E-state index < -0.39 is 7.92 Å². The molecule has 2 aromatic rings. The molecule has 0 bridgehead atoms. The Hall–Kier alpha value is -1.11. The molecule has 4 saturated heterocycles. The van der Waals surface area contributed by atoms with E-state index in [9.17, 15) is 0 Å². The summed E-state index contributed by atoms with van der Waals surface area (Å²) in [5.41, 5.74) is 8.40. The van der Waals surface area contributed by atoms with Gasteiger partial charge in [0.25, 0.3) is 0 Å². The molecule has 0 spiro atoms. The highest BCUT2D eigenvalue weighted by atomic mass is 31.2. The quantitative estimate of drug-likeness (QED) is 0.273. The zero-order valence-electron chi connectivity index (χ0n) is 24.9. The topological polar surface area (TPSA) is 18.5 Å². The van der Waals surface area contributed by atoms with Crippen LogP contribution in [0.2, 0.25) is 0 Å². The highest BCUT2D eigenvalue weighted by Gasteiger charge is 3.08. The first kappa shape index (κ1) is 27.1. The van der Waals surface area contributed by atoms with Crippen LogP contribution < -0.4 is 9.47 Å². The Morgan fingerprint density at radius 1 is 0.737 bits per heavy atom. The molecule has 0 aromatic heterocycles. The first-order valence-corrected chi connectivity index (χ1v) is 18.1. The summed E-state index contributed by atoms with van der Waals surface area (Å²) < 4.78 is 11.0. The van der Waals surface area contributed by atoms with Crippen molar-refractivity contribution < 1.29 is 9.47 Å². The molecule has 6 rings (SSSR count). The lowest BCUT2D eigenvalue weighted by Crippen LogP contribution is -2.39. The minimum absolute atomic E-state index is 0.0931. The average Bonchev–Trinajstić information content (AvgIpc) is 3.65. The third-order valence-electron chi connectivity index (χ3n) is 9.62. The standard InChI is InChI=1S/C33H43O2P3/c1-28(2,3)27-37-26-31(23-14-18-25(35-11)19-15-23)33(38(27)31,30(7,8)9)36(32(26,37)29(4,5)6)21-20-22-12-16-24(34-10)17-13-22/h12-19,26-27H,1-11H3/t26-,27-,31+,32+,33+,36-,37?,38?/m0/s1. The molecular weight excluding hydrogens is 521 g/mol. The van der Waals surface area contributed by atoms with Crippen molar-refractivity contribution in [1.82, 2.24) is 0 Å². The highest BCUT2D eigenvalue weighted by Crippen LogP contribution is 3.28. The smallest absolute Gasteiger partial charge is 0.118 e. The molecule has 0 amide bonds. The van der Waals surface area contributed by atoms with Gasteiger partial charge in [-0.25, -0.2) is 0 Å². The highest BCUT2D eigenvalue weighted by molar-refractivity contribution is 8.09. The maximum Gasteiger partial charge on any atom is 0.118 e. The minimum atomic E-state index is -0.512. The molecule has 0 aliphatic carbocycles. The molecule has 0 radical (unpaired) electrons. The molecule has 4 aliphatic heterocycles. The lowest BCUT2D eigenvalue weighted by atomic mass is 9.76. The summed E-state index contributed by atoms with van der Waals surface area (Å²) in [6.45, 7) is 22.9. The number of hydrogen-bond donors (Lipinski definition) is 0. The van der Waals surface area contributed by atoms with Crippen molar-refractivity contribution in [3.63, 3.8) is 0 Å². The lowest BCUT2D eigenvalue weighted by Gasteiger charge is -2.51. The number of methoxy groups -OCH3 is 2. The monoisotopic (exact) mass is 564 g/mol. The van der Waals surface area contributed by atoms with Crippen molar-refractivity contribution in [2.45, 2.75) is 88.3 Å². The molecular formula is C33H43O2P3. The number of benzene rings is 2. The van der Waals surface area contributed by atoms with Crippen LogP contribution in [0.3, 0.4) is 0 Å². The van der Waals surface area contributed by atoms with Gasteiger partial charge in [-0.05, 0) is 66.1 Å². The summed E-state index contributed by atoms with van der Waals surface area (Å²) in [5.74, 6) is 5.60. The molecule has 2 unspecified atom stereocenters. The van der Waals surface area contributed by atoms with Crippen LogP contribution in [0.4, 0.5) is 0 Å². The SMILES string of the molecule is COc1ccc(C#C[P@@]2[C@]3(C(C)(C)C)[C@H]4P3[C@H](C(C)(C)C)P3[C@@]4(c4ccc(OC)cc4)[C@@]32C(C)(C)C)cc1. The second kappa shape index (κ2) is 8.00. The fraction of sp³-hybridized carbons (Fsp3) is 0.576. The van der Waals surface area contributed by atoms with Crippen LogP contribution in [0.5, 0.6) is 11.5 Å². The van der Waals surface area contributed by atoms with E-state index >= 15 is 0 Å². The van der Waals surface area contributed by atoms with E-state index in [1.807, 2.05) is 12.1 Å². The molecule has 8 atom stereocenters. The average molecular weight is 565 g/mol. The number of rotatable bonds is 3. The van der Waals surface area contributed by atoms with Crippen LogP contribution in [-0.2, 0) is 5.16 Å². The van der Waals surface area contributed by atoms with E-state index in [1.54, 1.807) is 19.8 Å². The molecule has 0 N–H and O–H groups in total. The summed E-state index contributed by atoms with van der Waals surface area (Å²) in [4.78, 5) is 0.644. The molecule has 5 heteroatoms. The Bertz CT molecular complexity index is 1330. The van der Waals surface area contributed by atoms with Crippen molar-refractivity contribution in [2.24, 2.45) is 16.2 Å². The second-order valence-corrected chi connectivity index (χ2v) is 23.2. The van der Waals surface area contributed by atoms with Gasteiger partial charge < -0.3 is 9.47 Å². The summed E-state index contributed by atoms with van der Waals surface area (Å²) in [6.07, 6.45) is 0. The molecule has 38 heavy (non-hydrogen) atoms. The predicted molar refractivity (Wildman–Crippen MR) is 167 cm³/mol. The van der Waals surface area contributed by atoms with Gasteiger partial charge >= 0.3 is 0 Å². The Morgan fingerprint density at radius 3 is 1.71 bits per heavy atom. The van der Waals surface area contributed by atoms with Crippen molar-refractivity contribution in [2.75, 3.05) is 14.2 Å². The molecule has 4 heterocycles. The summed E-state index contributed by atoms with van der Waals surface area (Å²) in [5, 5.41) is 1.14. The van der Waals surface area contributed by atoms with Gasteiger partial charge in [-0.2, -0.15) is 0 Å². The van der Waals surface area contributed by atoms with Crippen LogP contribution in [0.15, 0.2) is 48.5 Å². The molecule has 2 aromatic carbocycles. The molecule has 2 nitrogen and oxygen atoms in total. The van der Waals surface area contributed by atoms with Crippen molar-refractivity contribution >= 4 is 23.8 Å². The van der Waals surface area contributed by atoms with Crippen molar-refractivity contribution in [3.8, 4) is 23.1 Å². The largest absolute Gasteiger partial charge is 0.497 e. The number of ether oxygens (including phenoxy) is 2. The molecule has 4 fully saturated rings. The van der Waals surface area contributed by atoms with Crippen LogP contribution in [0.25, 0.3) is 0 Å². The van der Waals surface area contributed by atoms with Gasteiger partial charge in [0, 0.05) is 31.6 Å². The third kappa shape index (κ3) is 2.93. The summed E-state index contributed by atoms with van der Waals surface area (Å²) in [6, 6.07) is 17.7. The molecule has 4 aliphatic rings. The van der Waals surface area contributed by atoms with Crippen LogP contribution in [-0.4, -0.2) is 35.1 Å².